The number of aromatic nitrogens is 2. The smallest absolute Gasteiger partial charge is 0.219 e. The summed E-state index contributed by atoms with van der Waals surface area (Å²) in [6.07, 6.45) is 1.72. The van der Waals surface area contributed by atoms with E-state index in [1.54, 1.807) is 42.8 Å². The zero-order valence-corrected chi connectivity index (χ0v) is 19.6. The minimum Gasteiger partial charge on any atom is -0.439 e. The third kappa shape index (κ3) is 6.93. The Labute approximate surface area is 190 Å². The van der Waals surface area contributed by atoms with Crippen molar-refractivity contribution in [2.24, 2.45) is 4.99 Å². The van der Waals surface area contributed by atoms with Crippen LogP contribution in [0.1, 0.15) is 16.3 Å². The fraction of sp³-hybridized carbons (Fsp3) is 0.250. The summed E-state index contributed by atoms with van der Waals surface area (Å²) >= 11 is 1.64. The number of rotatable bonds is 6. The lowest BCUT2D eigenvalue weighted by Crippen LogP contribution is -2.38. The quantitative estimate of drug-likeness (QED) is 0.289. The minimum absolute atomic E-state index is 0. The van der Waals surface area contributed by atoms with E-state index in [-0.39, 0.29) is 29.8 Å². The van der Waals surface area contributed by atoms with Gasteiger partial charge in [0.2, 0.25) is 5.88 Å². The Bertz CT molecular complexity index is 948. The standard InChI is InChI=1S/C20H22FN5OS.HI/c1-14-25-17(13-28-14)12-26(3)20(22-2)24-11-15-7-8-19(23-10-15)27-18-6-4-5-16(21)9-18;/h4-10,13H,11-12H2,1-3H3,(H,22,24);1H. The van der Waals surface area contributed by atoms with Crippen LogP contribution in [0.15, 0.2) is 53.0 Å². The Hall–Kier alpha value is -2.27. The van der Waals surface area contributed by atoms with E-state index in [1.165, 1.54) is 12.1 Å². The summed E-state index contributed by atoms with van der Waals surface area (Å²) in [5, 5.41) is 6.42. The van der Waals surface area contributed by atoms with Gasteiger partial charge in [0.25, 0.3) is 0 Å². The molecule has 2 heterocycles. The Balaban J connectivity index is 0.00000300. The highest BCUT2D eigenvalue weighted by Gasteiger charge is 2.09. The molecular formula is C20H23FIN5OS. The first kappa shape index (κ1) is 23.0. The fourth-order valence-electron chi connectivity index (χ4n) is 2.59. The van der Waals surface area contributed by atoms with Gasteiger partial charge in [0.15, 0.2) is 5.96 Å². The number of nitrogens with one attached hydrogen (secondary N) is 1. The van der Waals surface area contributed by atoms with E-state index >= 15 is 0 Å². The van der Waals surface area contributed by atoms with Gasteiger partial charge >= 0.3 is 0 Å². The number of nitrogens with zero attached hydrogens (tertiary/aromatic N) is 4. The van der Waals surface area contributed by atoms with Crippen LogP contribution in [-0.4, -0.2) is 34.9 Å². The summed E-state index contributed by atoms with van der Waals surface area (Å²) < 4.78 is 18.8. The molecule has 0 aliphatic carbocycles. The molecule has 6 nitrogen and oxygen atoms in total. The number of aryl methyl sites for hydroxylation is 1. The molecule has 1 N–H and O–H groups in total. The monoisotopic (exact) mass is 527 g/mol. The van der Waals surface area contributed by atoms with Gasteiger partial charge in [-0.25, -0.2) is 14.4 Å². The van der Waals surface area contributed by atoms with Crippen LogP contribution in [0.25, 0.3) is 0 Å². The highest BCUT2D eigenvalue weighted by atomic mass is 127. The van der Waals surface area contributed by atoms with Gasteiger partial charge in [0, 0.05) is 44.3 Å². The average molecular weight is 527 g/mol. The zero-order valence-electron chi connectivity index (χ0n) is 16.4. The summed E-state index contributed by atoms with van der Waals surface area (Å²) in [7, 11) is 3.72. The molecule has 0 fully saturated rings. The predicted molar refractivity (Wildman–Crippen MR) is 125 cm³/mol. The van der Waals surface area contributed by atoms with E-state index in [0.29, 0.717) is 24.7 Å². The number of pyridine rings is 1. The van der Waals surface area contributed by atoms with Crippen molar-refractivity contribution in [3.05, 3.63) is 70.1 Å². The number of guanidine groups is 1. The third-order valence-electron chi connectivity index (χ3n) is 3.91. The molecule has 0 saturated heterocycles. The molecule has 2 aromatic heterocycles. The van der Waals surface area contributed by atoms with E-state index < -0.39 is 0 Å². The molecule has 0 aliphatic rings. The van der Waals surface area contributed by atoms with Crippen LogP contribution in [-0.2, 0) is 13.1 Å². The Morgan fingerprint density at radius 1 is 1.31 bits per heavy atom. The third-order valence-corrected chi connectivity index (χ3v) is 4.73. The molecule has 0 unspecified atom stereocenters. The molecule has 154 valence electrons. The highest BCUT2D eigenvalue weighted by molar-refractivity contribution is 14.0. The van der Waals surface area contributed by atoms with Crippen molar-refractivity contribution in [3.8, 4) is 11.6 Å². The first-order valence-electron chi connectivity index (χ1n) is 8.74. The first-order valence-corrected chi connectivity index (χ1v) is 9.62. The molecular weight excluding hydrogens is 504 g/mol. The number of benzene rings is 1. The van der Waals surface area contributed by atoms with Crippen LogP contribution in [0, 0.1) is 12.7 Å². The number of aliphatic imine (C=N–C) groups is 1. The molecule has 0 bridgehead atoms. The maximum atomic E-state index is 13.2. The van der Waals surface area contributed by atoms with Gasteiger partial charge in [-0.05, 0) is 24.6 Å². The van der Waals surface area contributed by atoms with Gasteiger partial charge in [-0.2, -0.15) is 0 Å². The second kappa shape index (κ2) is 11.1. The fourth-order valence-corrected chi connectivity index (χ4v) is 3.20. The molecule has 0 atom stereocenters. The number of halogens is 2. The summed E-state index contributed by atoms with van der Waals surface area (Å²) in [4.78, 5) is 15.1. The Morgan fingerprint density at radius 2 is 2.14 bits per heavy atom. The highest BCUT2D eigenvalue weighted by Crippen LogP contribution is 2.20. The van der Waals surface area contributed by atoms with E-state index in [9.17, 15) is 4.39 Å². The zero-order chi connectivity index (χ0) is 19.9. The first-order chi connectivity index (χ1) is 13.5. The average Bonchev–Trinajstić information content (AvgIpc) is 3.08. The molecule has 9 heteroatoms. The summed E-state index contributed by atoms with van der Waals surface area (Å²) in [6, 6.07) is 9.63. The van der Waals surface area contributed by atoms with E-state index in [1.807, 2.05) is 24.9 Å². The van der Waals surface area contributed by atoms with E-state index in [2.05, 4.69) is 25.7 Å². The van der Waals surface area contributed by atoms with Crippen LogP contribution < -0.4 is 10.1 Å². The van der Waals surface area contributed by atoms with Crippen LogP contribution in [0.5, 0.6) is 11.6 Å². The van der Waals surface area contributed by atoms with Crippen molar-refractivity contribution in [1.29, 1.82) is 0 Å². The van der Waals surface area contributed by atoms with Crippen molar-refractivity contribution in [3.63, 3.8) is 0 Å². The molecule has 0 spiro atoms. The normalized spacial score (nSPS) is 11.0. The van der Waals surface area contributed by atoms with Crippen molar-refractivity contribution < 1.29 is 9.13 Å². The van der Waals surface area contributed by atoms with E-state index in [0.717, 1.165) is 22.2 Å². The lowest BCUT2D eigenvalue weighted by atomic mass is 10.3. The minimum atomic E-state index is -0.346. The predicted octanol–water partition coefficient (Wildman–Crippen LogP) is 4.60. The molecule has 3 aromatic rings. The van der Waals surface area contributed by atoms with Crippen molar-refractivity contribution >= 4 is 41.3 Å². The van der Waals surface area contributed by atoms with Gasteiger partial charge in [-0.1, -0.05) is 12.1 Å². The van der Waals surface area contributed by atoms with Crippen molar-refractivity contribution in [1.82, 2.24) is 20.2 Å². The number of thiazole rings is 1. The lowest BCUT2D eigenvalue weighted by molar-refractivity contribution is 0.457. The van der Waals surface area contributed by atoms with Gasteiger partial charge in [-0.15, -0.1) is 35.3 Å². The molecule has 3 rings (SSSR count). The van der Waals surface area contributed by atoms with E-state index in [4.69, 9.17) is 4.74 Å². The van der Waals surface area contributed by atoms with Crippen molar-refractivity contribution in [2.75, 3.05) is 14.1 Å². The lowest BCUT2D eigenvalue weighted by Gasteiger charge is -2.21. The molecule has 1 aromatic carbocycles. The largest absolute Gasteiger partial charge is 0.439 e. The molecule has 29 heavy (non-hydrogen) atoms. The summed E-state index contributed by atoms with van der Waals surface area (Å²) in [5.74, 6) is 1.25. The molecule has 0 saturated carbocycles. The van der Waals surface area contributed by atoms with Crippen LogP contribution in [0.4, 0.5) is 4.39 Å². The Kier molecular flexibility index (Phi) is 8.77. The summed E-state index contributed by atoms with van der Waals surface area (Å²) in [5.41, 5.74) is 2.00. The summed E-state index contributed by atoms with van der Waals surface area (Å²) in [6.45, 7) is 3.25. The molecule has 0 aliphatic heterocycles. The molecule has 0 radical (unpaired) electrons. The van der Waals surface area contributed by atoms with Gasteiger partial charge in [0.1, 0.15) is 11.6 Å². The topological polar surface area (TPSA) is 62.6 Å². The Morgan fingerprint density at radius 3 is 2.76 bits per heavy atom. The van der Waals surface area contributed by atoms with Gasteiger partial charge < -0.3 is 15.0 Å². The van der Waals surface area contributed by atoms with Crippen molar-refractivity contribution in [2.45, 2.75) is 20.0 Å². The SMILES string of the molecule is CN=C(NCc1ccc(Oc2cccc(F)c2)nc1)N(C)Cc1csc(C)n1.I. The maximum absolute atomic E-state index is 13.2. The van der Waals surface area contributed by atoms with Crippen LogP contribution in [0.2, 0.25) is 0 Å². The maximum Gasteiger partial charge on any atom is 0.219 e. The van der Waals surface area contributed by atoms with Gasteiger partial charge in [-0.3, -0.25) is 4.99 Å². The van der Waals surface area contributed by atoms with Gasteiger partial charge in [0.05, 0.1) is 17.2 Å². The second-order valence-electron chi connectivity index (χ2n) is 6.18. The van der Waals surface area contributed by atoms with Crippen LogP contribution >= 0.6 is 35.3 Å². The molecule has 0 amide bonds. The number of hydrogen-bond donors (Lipinski definition) is 1. The van der Waals surface area contributed by atoms with Crippen LogP contribution in [0.3, 0.4) is 0 Å². The number of ether oxygens (including phenoxy) is 1. The number of hydrogen-bond acceptors (Lipinski definition) is 5. The second-order valence-corrected chi connectivity index (χ2v) is 7.24.